The summed E-state index contributed by atoms with van der Waals surface area (Å²) in [5.74, 6) is 1.75. The summed E-state index contributed by atoms with van der Waals surface area (Å²) >= 11 is 0. The van der Waals surface area contributed by atoms with E-state index in [4.69, 9.17) is 0 Å². The van der Waals surface area contributed by atoms with Gasteiger partial charge in [0.2, 0.25) is 0 Å². The molecule has 1 aliphatic rings. The Kier molecular flexibility index (Phi) is 4.75. The van der Waals surface area contributed by atoms with Gasteiger partial charge in [-0.05, 0) is 37.8 Å². The van der Waals surface area contributed by atoms with Crippen molar-refractivity contribution >= 4 is 5.82 Å². The van der Waals surface area contributed by atoms with Gasteiger partial charge in [0, 0.05) is 25.2 Å². The molecule has 2 unspecified atom stereocenters. The molecule has 0 amide bonds. The van der Waals surface area contributed by atoms with E-state index >= 15 is 0 Å². The molecule has 1 N–H and O–H groups in total. The molecule has 0 bridgehead atoms. The Hall–Kier alpha value is -1.16. The van der Waals surface area contributed by atoms with Gasteiger partial charge in [-0.25, -0.2) is 0 Å². The molecule has 0 radical (unpaired) electrons. The summed E-state index contributed by atoms with van der Waals surface area (Å²) in [5.41, 5.74) is 1.01. The summed E-state index contributed by atoms with van der Waals surface area (Å²) in [6.45, 7) is 10.8. The molecule has 106 valence electrons. The van der Waals surface area contributed by atoms with Gasteiger partial charge in [-0.15, -0.1) is 5.10 Å². The van der Waals surface area contributed by atoms with Crippen LogP contribution in [-0.2, 0) is 6.54 Å². The van der Waals surface area contributed by atoms with Crippen LogP contribution in [-0.4, -0.2) is 28.8 Å². The van der Waals surface area contributed by atoms with Crippen LogP contribution < -0.4 is 10.2 Å². The lowest BCUT2D eigenvalue weighted by Gasteiger charge is -2.38. The molecule has 4 nitrogen and oxygen atoms in total. The van der Waals surface area contributed by atoms with Crippen molar-refractivity contribution in [3.05, 3.63) is 17.8 Å². The van der Waals surface area contributed by atoms with Crippen LogP contribution in [0.15, 0.2) is 12.1 Å². The van der Waals surface area contributed by atoms with Crippen LogP contribution in [0.5, 0.6) is 0 Å². The maximum Gasteiger partial charge on any atom is 0.151 e. The first-order valence-electron chi connectivity index (χ1n) is 7.40. The zero-order valence-corrected chi connectivity index (χ0v) is 12.6. The van der Waals surface area contributed by atoms with Crippen molar-refractivity contribution < 1.29 is 0 Å². The van der Waals surface area contributed by atoms with E-state index in [0.29, 0.717) is 12.1 Å². The minimum Gasteiger partial charge on any atom is -0.352 e. The molecule has 1 aromatic heterocycles. The Morgan fingerprint density at radius 3 is 2.74 bits per heavy atom. The van der Waals surface area contributed by atoms with Crippen LogP contribution in [0.25, 0.3) is 0 Å². The zero-order valence-electron chi connectivity index (χ0n) is 12.6. The van der Waals surface area contributed by atoms with Gasteiger partial charge >= 0.3 is 0 Å². The topological polar surface area (TPSA) is 41.0 Å². The lowest BCUT2D eigenvalue weighted by Crippen LogP contribution is -2.43. The maximum absolute atomic E-state index is 4.40. The second kappa shape index (κ2) is 6.33. The zero-order chi connectivity index (χ0) is 13.8. The molecule has 1 saturated heterocycles. The highest BCUT2D eigenvalue weighted by Crippen LogP contribution is 2.26. The van der Waals surface area contributed by atoms with Crippen molar-refractivity contribution in [1.82, 2.24) is 15.5 Å². The summed E-state index contributed by atoms with van der Waals surface area (Å²) in [5, 5.41) is 12.1. The Labute approximate surface area is 116 Å². The average molecular weight is 262 g/mol. The normalized spacial score (nSPS) is 23.9. The molecule has 0 saturated carbocycles. The van der Waals surface area contributed by atoms with Gasteiger partial charge in [-0.1, -0.05) is 20.8 Å². The smallest absolute Gasteiger partial charge is 0.151 e. The van der Waals surface area contributed by atoms with Gasteiger partial charge in [0.1, 0.15) is 0 Å². The third-order valence-electron chi connectivity index (χ3n) is 4.07. The molecule has 19 heavy (non-hydrogen) atoms. The predicted octanol–water partition coefficient (Wildman–Crippen LogP) is 2.60. The van der Waals surface area contributed by atoms with E-state index in [9.17, 15) is 0 Å². The number of nitrogens with one attached hydrogen (secondary N) is 1. The van der Waals surface area contributed by atoms with Gasteiger partial charge in [0.15, 0.2) is 5.82 Å². The molecular formula is C15H26N4. The van der Waals surface area contributed by atoms with Gasteiger partial charge < -0.3 is 10.2 Å². The second-order valence-electron chi connectivity index (χ2n) is 5.97. The van der Waals surface area contributed by atoms with E-state index in [1.807, 2.05) is 0 Å². The first-order chi connectivity index (χ1) is 9.08. The highest BCUT2D eigenvalue weighted by atomic mass is 15.3. The molecule has 4 heteroatoms. The van der Waals surface area contributed by atoms with E-state index in [-0.39, 0.29) is 0 Å². The first-order valence-corrected chi connectivity index (χ1v) is 7.40. The fourth-order valence-corrected chi connectivity index (χ4v) is 2.57. The van der Waals surface area contributed by atoms with Gasteiger partial charge in [-0.3, -0.25) is 0 Å². The number of nitrogens with zero attached hydrogens (tertiary/aromatic N) is 3. The number of piperidine rings is 1. The Morgan fingerprint density at radius 2 is 2.11 bits per heavy atom. The fourth-order valence-electron chi connectivity index (χ4n) is 2.57. The summed E-state index contributed by atoms with van der Waals surface area (Å²) in [6.07, 6.45) is 2.57. The number of aromatic nitrogens is 2. The minimum atomic E-state index is 0.476. The number of hydrogen-bond acceptors (Lipinski definition) is 4. The van der Waals surface area contributed by atoms with Crippen LogP contribution >= 0.6 is 0 Å². The van der Waals surface area contributed by atoms with Crippen molar-refractivity contribution in [1.29, 1.82) is 0 Å². The van der Waals surface area contributed by atoms with E-state index in [2.05, 4.69) is 60.2 Å². The van der Waals surface area contributed by atoms with Gasteiger partial charge in [-0.2, -0.15) is 5.10 Å². The Bertz CT molecular complexity index is 388. The standard InChI is InChI=1S/C15H26N4/c1-11(2)16-10-14-7-8-15(18-17-14)19-9-5-6-12(3)13(19)4/h7-8,11-13,16H,5-6,9-10H2,1-4H3. The molecule has 0 aliphatic carbocycles. The third-order valence-corrected chi connectivity index (χ3v) is 4.07. The van der Waals surface area contributed by atoms with Crippen molar-refractivity contribution in [2.24, 2.45) is 5.92 Å². The molecule has 2 rings (SSSR count). The molecular weight excluding hydrogens is 236 g/mol. The molecule has 1 aromatic rings. The summed E-state index contributed by atoms with van der Waals surface area (Å²) in [7, 11) is 0. The molecule has 1 fully saturated rings. The van der Waals surface area contributed by atoms with Gasteiger partial charge in [0.05, 0.1) is 5.69 Å². The van der Waals surface area contributed by atoms with Crippen molar-refractivity contribution in [3.63, 3.8) is 0 Å². The molecule has 2 atom stereocenters. The summed E-state index contributed by atoms with van der Waals surface area (Å²) in [4.78, 5) is 2.39. The van der Waals surface area contributed by atoms with Crippen molar-refractivity contribution in [2.75, 3.05) is 11.4 Å². The highest BCUT2D eigenvalue weighted by molar-refractivity contribution is 5.39. The van der Waals surface area contributed by atoms with Crippen LogP contribution in [0.3, 0.4) is 0 Å². The van der Waals surface area contributed by atoms with E-state index < -0.39 is 0 Å². The monoisotopic (exact) mass is 262 g/mol. The van der Waals surface area contributed by atoms with Crippen LogP contribution in [0, 0.1) is 5.92 Å². The number of hydrogen-bond donors (Lipinski definition) is 1. The third kappa shape index (κ3) is 3.66. The van der Waals surface area contributed by atoms with E-state index in [1.165, 1.54) is 12.8 Å². The first kappa shape index (κ1) is 14.3. The molecule has 1 aliphatic heterocycles. The Balaban J connectivity index is 2.01. The largest absolute Gasteiger partial charge is 0.352 e. The van der Waals surface area contributed by atoms with E-state index in [1.54, 1.807) is 0 Å². The van der Waals surface area contributed by atoms with Crippen LogP contribution in [0.4, 0.5) is 5.82 Å². The Morgan fingerprint density at radius 1 is 1.32 bits per heavy atom. The molecule has 0 aromatic carbocycles. The number of anilines is 1. The lowest BCUT2D eigenvalue weighted by molar-refractivity contribution is 0.361. The maximum atomic E-state index is 4.40. The second-order valence-corrected chi connectivity index (χ2v) is 5.97. The molecule has 0 spiro atoms. The van der Waals surface area contributed by atoms with Crippen molar-refractivity contribution in [2.45, 2.75) is 59.2 Å². The predicted molar refractivity (Wildman–Crippen MR) is 79.2 cm³/mol. The lowest BCUT2D eigenvalue weighted by atomic mass is 9.92. The van der Waals surface area contributed by atoms with Crippen LogP contribution in [0.2, 0.25) is 0 Å². The average Bonchev–Trinajstić information content (AvgIpc) is 2.40. The van der Waals surface area contributed by atoms with E-state index in [0.717, 1.165) is 30.5 Å². The van der Waals surface area contributed by atoms with Crippen LogP contribution in [0.1, 0.15) is 46.2 Å². The SMILES string of the molecule is CC(C)NCc1ccc(N2CCCC(C)C2C)nn1. The van der Waals surface area contributed by atoms with Gasteiger partial charge in [0.25, 0.3) is 0 Å². The summed E-state index contributed by atoms with van der Waals surface area (Å²) in [6, 6.07) is 5.23. The highest BCUT2D eigenvalue weighted by Gasteiger charge is 2.25. The molecule has 2 heterocycles. The quantitative estimate of drug-likeness (QED) is 0.905. The fraction of sp³-hybridized carbons (Fsp3) is 0.733. The minimum absolute atomic E-state index is 0.476. The van der Waals surface area contributed by atoms with Crippen molar-refractivity contribution in [3.8, 4) is 0 Å². The number of rotatable bonds is 4. The summed E-state index contributed by atoms with van der Waals surface area (Å²) < 4.78 is 0.